The summed E-state index contributed by atoms with van der Waals surface area (Å²) < 4.78 is 19.6. The van der Waals surface area contributed by atoms with Crippen molar-refractivity contribution in [1.82, 2.24) is 15.2 Å². The minimum Gasteiger partial charge on any atom is -0.492 e. The Morgan fingerprint density at radius 3 is 2.62 bits per heavy atom. The quantitative estimate of drug-likeness (QED) is 0.349. The van der Waals surface area contributed by atoms with Crippen molar-refractivity contribution in [3.05, 3.63) is 95.4 Å². The average molecular weight is 496 g/mol. The van der Waals surface area contributed by atoms with Gasteiger partial charge >= 0.3 is 0 Å². The summed E-state index contributed by atoms with van der Waals surface area (Å²) in [4.78, 5) is 20.5. The first kappa shape index (κ1) is 23.6. The molecular weight excluding hydrogens is 465 g/mol. The van der Waals surface area contributed by atoms with E-state index in [9.17, 15) is 9.18 Å². The third-order valence-electron chi connectivity index (χ3n) is 7.85. The van der Waals surface area contributed by atoms with E-state index >= 15 is 0 Å². The van der Waals surface area contributed by atoms with Crippen LogP contribution in [-0.4, -0.2) is 42.0 Å². The van der Waals surface area contributed by atoms with Gasteiger partial charge in [-0.25, -0.2) is 4.39 Å². The summed E-state index contributed by atoms with van der Waals surface area (Å²) in [7, 11) is 2.10. The standard InChI is InChI=1S/C31H30FN3O2/c1-20-5-10-25(37-19-24-11-15-35(24)2)18-27(20)30(36)34-31(12-13-31)28-16-22(21-6-8-23(32)9-7-21)17-29-26(28)4-3-14-33-29/h3-10,14,16-18,24H,11-13,15,19H2,1-2H3,(H,34,36)/t24-/m0/s1. The van der Waals surface area contributed by atoms with Gasteiger partial charge in [0.15, 0.2) is 0 Å². The van der Waals surface area contributed by atoms with Gasteiger partial charge in [-0.15, -0.1) is 0 Å². The molecule has 1 atom stereocenters. The number of ether oxygens (including phenoxy) is 1. The smallest absolute Gasteiger partial charge is 0.252 e. The molecule has 0 unspecified atom stereocenters. The van der Waals surface area contributed by atoms with Gasteiger partial charge in [0.25, 0.3) is 5.91 Å². The lowest BCUT2D eigenvalue weighted by atomic mass is 9.93. The number of fused-ring (bicyclic) bond motifs is 1. The summed E-state index contributed by atoms with van der Waals surface area (Å²) in [5, 5.41) is 4.37. The van der Waals surface area contributed by atoms with Crippen LogP contribution in [0.15, 0.2) is 72.9 Å². The first-order chi connectivity index (χ1) is 17.9. The number of carbonyl (C=O) groups excluding carboxylic acids is 1. The molecule has 188 valence electrons. The largest absolute Gasteiger partial charge is 0.492 e. The molecule has 0 spiro atoms. The molecule has 0 bridgehead atoms. The Morgan fingerprint density at radius 1 is 1.11 bits per heavy atom. The van der Waals surface area contributed by atoms with Crippen molar-refractivity contribution < 1.29 is 13.9 Å². The summed E-state index contributed by atoms with van der Waals surface area (Å²) in [6.07, 6.45) is 4.60. The number of benzene rings is 3. The van der Waals surface area contributed by atoms with Gasteiger partial charge in [-0.05, 0) is 104 Å². The van der Waals surface area contributed by atoms with Gasteiger partial charge in [-0.1, -0.05) is 24.3 Å². The zero-order valence-corrected chi connectivity index (χ0v) is 21.1. The van der Waals surface area contributed by atoms with Crippen LogP contribution in [0.1, 0.15) is 40.7 Å². The topological polar surface area (TPSA) is 54.5 Å². The normalized spacial score (nSPS) is 18.3. The Balaban J connectivity index is 1.30. The van der Waals surface area contributed by atoms with Crippen LogP contribution in [0.3, 0.4) is 0 Å². The van der Waals surface area contributed by atoms with Crippen molar-refractivity contribution in [2.45, 2.75) is 37.8 Å². The molecule has 1 saturated heterocycles. The highest BCUT2D eigenvalue weighted by atomic mass is 19.1. The van der Waals surface area contributed by atoms with Gasteiger partial charge < -0.3 is 10.1 Å². The number of likely N-dealkylation sites (tertiary alicyclic amines) is 1. The highest BCUT2D eigenvalue weighted by Crippen LogP contribution is 2.49. The molecule has 2 aliphatic rings. The maximum atomic E-state index is 13.6. The molecule has 3 aromatic carbocycles. The van der Waals surface area contributed by atoms with Gasteiger partial charge in [0, 0.05) is 23.2 Å². The highest BCUT2D eigenvalue weighted by Gasteiger charge is 2.47. The second-order valence-electron chi connectivity index (χ2n) is 10.3. The molecule has 5 nitrogen and oxygen atoms in total. The fourth-order valence-corrected chi connectivity index (χ4v) is 5.17. The number of aromatic nitrogens is 1. The molecule has 2 heterocycles. The minimum atomic E-state index is -0.466. The fourth-order valence-electron chi connectivity index (χ4n) is 5.17. The number of pyridine rings is 1. The van der Waals surface area contributed by atoms with Crippen LogP contribution >= 0.6 is 0 Å². The van der Waals surface area contributed by atoms with Crippen LogP contribution in [0.4, 0.5) is 4.39 Å². The fraction of sp³-hybridized carbons (Fsp3) is 0.290. The van der Waals surface area contributed by atoms with Gasteiger partial charge in [0.05, 0.1) is 11.1 Å². The lowest BCUT2D eigenvalue weighted by Crippen LogP contribution is -2.48. The van der Waals surface area contributed by atoms with Crippen molar-refractivity contribution in [3.63, 3.8) is 0 Å². The molecule has 2 fully saturated rings. The molecule has 1 aliphatic heterocycles. The lowest BCUT2D eigenvalue weighted by molar-refractivity contribution is 0.0767. The molecule has 0 radical (unpaired) electrons. The van der Waals surface area contributed by atoms with Crippen molar-refractivity contribution in [3.8, 4) is 16.9 Å². The van der Waals surface area contributed by atoms with Crippen LogP contribution in [0.25, 0.3) is 22.0 Å². The molecule has 6 heteroatoms. The number of carbonyl (C=O) groups is 1. The molecule has 6 rings (SSSR count). The maximum absolute atomic E-state index is 13.6. The van der Waals surface area contributed by atoms with Gasteiger partial charge in [0.2, 0.25) is 0 Å². The van der Waals surface area contributed by atoms with Crippen LogP contribution in [0.5, 0.6) is 5.75 Å². The van der Waals surface area contributed by atoms with Gasteiger partial charge in [-0.3, -0.25) is 14.7 Å². The Labute approximate surface area is 216 Å². The third kappa shape index (κ3) is 4.58. The van der Waals surface area contributed by atoms with E-state index in [1.54, 1.807) is 18.3 Å². The predicted octanol–water partition coefficient (Wildman–Crippen LogP) is 5.85. The Kier molecular flexibility index (Phi) is 5.92. The molecule has 1 aliphatic carbocycles. The van der Waals surface area contributed by atoms with Crippen molar-refractivity contribution in [2.24, 2.45) is 0 Å². The zero-order valence-electron chi connectivity index (χ0n) is 21.1. The first-order valence-corrected chi connectivity index (χ1v) is 12.8. The second-order valence-corrected chi connectivity index (χ2v) is 10.3. The molecule has 1 saturated carbocycles. The Morgan fingerprint density at radius 2 is 1.92 bits per heavy atom. The molecule has 1 aromatic heterocycles. The van der Waals surface area contributed by atoms with E-state index in [1.165, 1.54) is 12.1 Å². The van der Waals surface area contributed by atoms with E-state index in [0.29, 0.717) is 24.0 Å². The summed E-state index contributed by atoms with van der Waals surface area (Å²) >= 11 is 0. The highest BCUT2D eigenvalue weighted by molar-refractivity contribution is 5.98. The first-order valence-electron chi connectivity index (χ1n) is 12.8. The van der Waals surface area contributed by atoms with Crippen molar-refractivity contribution in [2.75, 3.05) is 20.2 Å². The number of hydrogen-bond donors (Lipinski definition) is 1. The van der Waals surface area contributed by atoms with Crippen LogP contribution in [0.2, 0.25) is 0 Å². The van der Waals surface area contributed by atoms with Crippen molar-refractivity contribution in [1.29, 1.82) is 0 Å². The summed E-state index contributed by atoms with van der Waals surface area (Å²) in [6.45, 7) is 3.68. The van der Waals surface area contributed by atoms with Gasteiger partial charge in [-0.2, -0.15) is 0 Å². The number of nitrogens with zero attached hydrogens (tertiary/aromatic N) is 2. The molecular formula is C31H30FN3O2. The number of halogens is 1. The minimum absolute atomic E-state index is 0.106. The zero-order chi connectivity index (χ0) is 25.6. The predicted molar refractivity (Wildman–Crippen MR) is 143 cm³/mol. The Bertz CT molecular complexity index is 1480. The van der Waals surface area contributed by atoms with E-state index in [1.807, 2.05) is 37.3 Å². The number of nitrogens with one attached hydrogen (secondary N) is 1. The summed E-state index contributed by atoms with van der Waals surface area (Å²) in [5.74, 6) is 0.342. The van der Waals surface area contributed by atoms with Crippen molar-refractivity contribution >= 4 is 16.8 Å². The number of aryl methyl sites for hydroxylation is 1. The summed E-state index contributed by atoms with van der Waals surface area (Å²) in [5.41, 5.74) is 4.84. The van der Waals surface area contributed by atoms with Gasteiger partial charge in [0.1, 0.15) is 18.2 Å². The maximum Gasteiger partial charge on any atom is 0.252 e. The van der Waals surface area contributed by atoms with Crippen LogP contribution < -0.4 is 10.1 Å². The monoisotopic (exact) mass is 495 g/mol. The molecule has 1 amide bonds. The second kappa shape index (κ2) is 9.27. The number of likely N-dealkylation sites (N-methyl/N-ethyl adjacent to an activating group) is 1. The van der Waals surface area contributed by atoms with Crippen LogP contribution in [0, 0.1) is 12.7 Å². The molecule has 4 aromatic rings. The number of amides is 1. The molecule has 37 heavy (non-hydrogen) atoms. The number of hydrogen-bond acceptors (Lipinski definition) is 4. The number of rotatable bonds is 7. The SMILES string of the molecule is Cc1ccc(OC[C@@H]2CCN2C)cc1C(=O)NC1(c2cc(-c3ccc(F)cc3)cc3ncccc23)CC1. The lowest BCUT2D eigenvalue weighted by Gasteiger charge is -2.37. The van der Waals surface area contributed by atoms with Crippen LogP contribution in [-0.2, 0) is 5.54 Å². The van der Waals surface area contributed by atoms with E-state index in [2.05, 4.69) is 34.4 Å². The van der Waals surface area contributed by atoms with E-state index in [-0.39, 0.29) is 11.7 Å². The molecule has 1 N–H and O–H groups in total. The Hall–Kier alpha value is -3.77. The van der Waals surface area contributed by atoms with E-state index < -0.39 is 5.54 Å². The van der Waals surface area contributed by atoms with E-state index in [4.69, 9.17) is 4.74 Å². The third-order valence-corrected chi connectivity index (χ3v) is 7.85. The summed E-state index contributed by atoms with van der Waals surface area (Å²) in [6, 6.07) is 20.8. The van der Waals surface area contributed by atoms with E-state index in [0.717, 1.165) is 59.0 Å². The average Bonchev–Trinajstić information content (AvgIpc) is 3.68.